The number of aryl methyl sites for hydroxylation is 1. The van der Waals surface area contributed by atoms with Crippen molar-refractivity contribution in [2.75, 3.05) is 45.7 Å². The molecule has 0 saturated carbocycles. The highest BCUT2D eigenvalue weighted by Gasteiger charge is 2.27. The average Bonchev–Trinajstić information content (AvgIpc) is 2.73. The second-order valence-electron chi connectivity index (χ2n) is 7.25. The van der Waals surface area contributed by atoms with Crippen LogP contribution in [0.2, 0.25) is 0 Å². The molecule has 0 spiro atoms. The summed E-state index contributed by atoms with van der Waals surface area (Å²) in [5, 5.41) is 2.74. The number of anilines is 1. The lowest BCUT2D eigenvalue weighted by Gasteiger charge is -2.31. The number of carbonyl (C=O) groups excluding carboxylic acids is 1. The molecule has 1 saturated heterocycles. The molecule has 0 radical (unpaired) electrons. The van der Waals surface area contributed by atoms with Crippen molar-refractivity contribution in [3.8, 4) is 5.75 Å². The minimum atomic E-state index is -3.54. The van der Waals surface area contributed by atoms with Gasteiger partial charge in [0.2, 0.25) is 15.9 Å². The Morgan fingerprint density at radius 1 is 1.10 bits per heavy atom. The first-order chi connectivity index (χ1) is 14.3. The van der Waals surface area contributed by atoms with Crippen molar-refractivity contribution < 1.29 is 22.3 Å². The molecule has 3 rings (SSSR count). The van der Waals surface area contributed by atoms with E-state index in [0.717, 1.165) is 0 Å². The summed E-state index contributed by atoms with van der Waals surface area (Å²) in [5.41, 5.74) is 1.20. The van der Waals surface area contributed by atoms with E-state index in [0.29, 0.717) is 43.9 Å². The Balaban J connectivity index is 1.56. The van der Waals surface area contributed by atoms with Crippen molar-refractivity contribution in [2.24, 2.45) is 0 Å². The number of hydrogen-bond acceptors (Lipinski definition) is 5. The fourth-order valence-electron chi connectivity index (χ4n) is 3.23. The van der Waals surface area contributed by atoms with E-state index in [1.54, 1.807) is 18.2 Å². The molecule has 1 heterocycles. The van der Waals surface area contributed by atoms with Crippen molar-refractivity contribution >= 4 is 21.6 Å². The molecular weight excluding hydrogens is 409 g/mol. The number of piperazine rings is 1. The minimum Gasteiger partial charge on any atom is -0.494 e. The summed E-state index contributed by atoms with van der Waals surface area (Å²) in [7, 11) is -0.178. The van der Waals surface area contributed by atoms with Gasteiger partial charge in [0.05, 0.1) is 12.0 Å². The number of carbonyl (C=O) groups is 1. The molecule has 1 fully saturated rings. The first kappa shape index (κ1) is 22.2. The van der Waals surface area contributed by atoms with Gasteiger partial charge < -0.3 is 15.0 Å². The molecule has 7 nitrogen and oxygen atoms in total. The summed E-state index contributed by atoms with van der Waals surface area (Å²) in [6.07, 6.45) is 0.551. The van der Waals surface area contributed by atoms with Gasteiger partial charge in [-0.05, 0) is 55.4 Å². The van der Waals surface area contributed by atoms with Gasteiger partial charge in [0.1, 0.15) is 0 Å². The zero-order valence-corrected chi connectivity index (χ0v) is 17.9. The molecule has 1 N–H and O–H groups in total. The summed E-state index contributed by atoms with van der Waals surface area (Å²) in [6, 6.07) is 10.8. The van der Waals surface area contributed by atoms with Crippen LogP contribution in [-0.2, 0) is 21.2 Å². The van der Waals surface area contributed by atoms with E-state index >= 15 is 0 Å². The summed E-state index contributed by atoms with van der Waals surface area (Å²) in [5.74, 6) is -0.539. The van der Waals surface area contributed by atoms with Gasteiger partial charge in [-0.2, -0.15) is 4.31 Å². The van der Waals surface area contributed by atoms with Crippen LogP contribution in [0.4, 0.5) is 10.1 Å². The number of nitrogens with one attached hydrogen (secondary N) is 1. The lowest BCUT2D eigenvalue weighted by atomic mass is 10.1. The fourth-order valence-corrected chi connectivity index (χ4v) is 4.66. The summed E-state index contributed by atoms with van der Waals surface area (Å²) >= 11 is 0. The lowest BCUT2D eigenvalue weighted by Crippen LogP contribution is -2.46. The number of nitrogens with zero attached hydrogens (tertiary/aromatic N) is 2. The Labute approximate surface area is 176 Å². The van der Waals surface area contributed by atoms with Gasteiger partial charge in [0, 0.05) is 38.3 Å². The topological polar surface area (TPSA) is 78.9 Å². The van der Waals surface area contributed by atoms with Crippen LogP contribution >= 0.6 is 0 Å². The standard InChI is InChI=1S/C21H26FN3O4S/c1-24-11-13-25(14-12-24)30(27,28)18-7-5-17(6-8-18)23-21(26)10-4-16-3-9-20(29-2)19(22)15-16/h3,5-9,15H,4,10-14H2,1-2H3,(H,23,26). The van der Waals surface area contributed by atoms with E-state index < -0.39 is 15.8 Å². The normalized spacial score (nSPS) is 15.7. The Morgan fingerprint density at radius 3 is 2.37 bits per heavy atom. The Kier molecular flexibility index (Phi) is 7.06. The molecule has 0 unspecified atom stereocenters. The maximum absolute atomic E-state index is 13.7. The van der Waals surface area contributed by atoms with Crippen molar-refractivity contribution in [2.45, 2.75) is 17.7 Å². The SMILES string of the molecule is COc1ccc(CCC(=O)Nc2ccc(S(=O)(=O)N3CCN(C)CC3)cc2)cc1F. The molecule has 162 valence electrons. The molecule has 0 aromatic heterocycles. The van der Waals surface area contributed by atoms with Crippen LogP contribution in [0.15, 0.2) is 47.4 Å². The van der Waals surface area contributed by atoms with Crippen LogP contribution in [0.1, 0.15) is 12.0 Å². The second kappa shape index (κ2) is 9.55. The first-order valence-electron chi connectivity index (χ1n) is 9.70. The second-order valence-corrected chi connectivity index (χ2v) is 9.19. The maximum atomic E-state index is 13.7. The van der Waals surface area contributed by atoms with Crippen LogP contribution in [0, 0.1) is 5.82 Å². The zero-order valence-electron chi connectivity index (χ0n) is 17.1. The number of hydrogen-bond donors (Lipinski definition) is 1. The summed E-state index contributed by atoms with van der Waals surface area (Å²) < 4.78 is 45.6. The first-order valence-corrected chi connectivity index (χ1v) is 11.1. The van der Waals surface area contributed by atoms with Crippen molar-refractivity contribution in [1.29, 1.82) is 0 Å². The molecule has 1 aliphatic heterocycles. The number of amides is 1. The number of methoxy groups -OCH3 is 1. The average molecular weight is 436 g/mol. The van der Waals surface area contributed by atoms with Gasteiger partial charge in [-0.1, -0.05) is 6.07 Å². The predicted molar refractivity (Wildman–Crippen MR) is 113 cm³/mol. The Bertz CT molecular complexity index is 988. The predicted octanol–water partition coefficient (Wildman–Crippen LogP) is 2.34. The lowest BCUT2D eigenvalue weighted by molar-refractivity contribution is -0.116. The number of ether oxygens (including phenoxy) is 1. The molecule has 1 amide bonds. The molecular formula is C21H26FN3O4S. The van der Waals surface area contributed by atoms with E-state index in [1.165, 1.54) is 35.7 Å². The zero-order chi connectivity index (χ0) is 21.7. The van der Waals surface area contributed by atoms with Crippen LogP contribution in [0.5, 0.6) is 5.75 Å². The monoisotopic (exact) mass is 435 g/mol. The van der Waals surface area contributed by atoms with E-state index in [4.69, 9.17) is 4.74 Å². The third-order valence-electron chi connectivity index (χ3n) is 5.10. The third-order valence-corrected chi connectivity index (χ3v) is 7.01. The number of halogens is 1. The molecule has 0 atom stereocenters. The van der Waals surface area contributed by atoms with Gasteiger partial charge in [-0.15, -0.1) is 0 Å². The summed E-state index contributed by atoms with van der Waals surface area (Å²) in [4.78, 5) is 14.5. The number of sulfonamides is 1. The largest absolute Gasteiger partial charge is 0.494 e. The van der Waals surface area contributed by atoms with Gasteiger partial charge in [0.25, 0.3) is 0 Å². The Morgan fingerprint density at radius 2 is 1.77 bits per heavy atom. The van der Waals surface area contributed by atoms with Crippen molar-refractivity contribution in [1.82, 2.24) is 9.21 Å². The van der Waals surface area contributed by atoms with Crippen LogP contribution in [-0.4, -0.2) is 63.9 Å². The van der Waals surface area contributed by atoms with Gasteiger partial charge >= 0.3 is 0 Å². The smallest absolute Gasteiger partial charge is 0.243 e. The van der Waals surface area contributed by atoms with Crippen LogP contribution in [0.3, 0.4) is 0 Å². The number of likely N-dealkylation sites (N-methyl/N-ethyl adjacent to an activating group) is 1. The molecule has 2 aromatic rings. The molecule has 9 heteroatoms. The molecule has 2 aromatic carbocycles. The maximum Gasteiger partial charge on any atom is 0.243 e. The minimum absolute atomic E-state index is 0.162. The quantitative estimate of drug-likeness (QED) is 0.722. The van der Waals surface area contributed by atoms with E-state index in [-0.39, 0.29) is 23.0 Å². The fraction of sp³-hybridized carbons (Fsp3) is 0.381. The van der Waals surface area contributed by atoms with Gasteiger partial charge in [-0.3, -0.25) is 4.79 Å². The third kappa shape index (κ3) is 5.35. The van der Waals surface area contributed by atoms with Crippen molar-refractivity contribution in [3.05, 3.63) is 53.8 Å². The van der Waals surface area contributed by atoms with Crippen LogP contribution in [0.25, 0.3) is 0 Å². The van der Waals surface area contributed by atoms with E-state index in [9.17, 15) is 17.6 Å². The highest BCUT2D eigenvalue weighted by Crippen LogP contribution is 2.21. The van der Waals surface area contributed by atoms with E-state index in [1.807, 2.05) is 7.05 Å². The van der Waals surface area contributed by atoms with Crippen molar-refractivity contribution in [3.63, 3.8) is 0 Å². The van der Waals surface area contributed by atoms with Crippen LogP contribution < -0.4 is 10.1 Å². The highest BCUT2D eigenvalue weighted by molar-refractivity contribution is 7.89. The number of benzene rings is 2. The Hall–Kier alpha value is -2.49. The van der Waals surface area contributed by atoms with Gasteiger partial charge in [-0.25, -0.2) is 12.8 Å². The molecule has 30 heavy (non-hydrogen) atoms. The highest BCUT2D eigenvalue weighted by atomic mass is 32.2. The summed E-state index contributed by atoms with van der Waals surface area (Å²) in [6.45, 7) is 2.32. The van der Waals surface area contributed by atoms with Gasteiger partial charge in [0.15, 0.2) is 11.6 Å². The number of rotatable bonds is 7. The molecule has 1 aliphatic rings. The molecule has 0 aliphatic carbocycles. The van der Waals surface area contributed by atoms with E-state index in [2.05, 4.69) is 10.2 Å². The molecule has 0 bridgehead atoms.